The second-order valence-electron chi connectivity index (χ2n) is 4.46. The first-order valence-electron chi connectivity index (χ1n) is 5.77. The molecule has 0 aliphatic rings. The number of hydrogen-bond donors (Lipinski definition) is 0. The van der Waals surface area contributed by atoms with Gasteiger partial charge < -0.3 is 4.90 Å². The molecule has 0 radical (unpaired) electrons. The van der Waals surface area contributed by atoms with Crippen molar-refractivity contribution in [1.82, 2.24) is 4.98 Å². The molecule has 2 aromatic rings. The summed E-state index contributed by atoms with van der Waals surface area (Å²) >= 11 is 0. The van der Waals surface area contributed by atoms with E-state index >= 15 is 0 Å². The number of fused-ring (bicyclic) bond motifs is 1. The van der Waals surface area contributed by atoms with Crippen molar-refractivity contribution in [3.8, 4) is 6.07 Å². The van der Waals surface area contributed by atoms with E-state index in [0.717, 1.165) is 28.7 Å². The summed E-state index contributed by atoms with van der Waals surface area (Å²) in [6.07, 6.45) is 1.63. The Morgan fingerprint density at radius 3 is 2.83 bits per heavy atom. The van der Waals surface area contributed by atoms with Crippen LogP contribution in [0.1, 0.15) is 12.5 Å². The molecule has 1 heterocycles. The number of likely N-dealkylation sites (N-methyl/N-ethyl adjacent to an activating group) is 1. The van der Waals surface area contributed by atoms with E-state index in [1.165, 1.54) is 0 Å². The molecule has 0 aliphatic carbocycles. The molecule has 90 valence electrons. The van der Waals surface area contributed by atoms with E-state index in [4.69, 9.17) is 0 Å². The van der Waals surface area contributed by atoms with E-state index in [1.54, 1.807) is 6.20 Å². The highest BCUT2D eigenvalue weighted by molar-refractivity contribution is 5.94. The van der Waals surface area contributed by atoms with Gasteiger partial charge >= 0.3 is 0 Å². The van der Waals surface area contributed by atoms with Crippen molar-refractivity contribution in [3.05, 3.63) is 48.2 Å². The van der Waals surface area contributed by atoms with Gasteiger partial charge in [-0.15, -0.1) is 0 Å². The van der Waals surface area contributed by atoms with Crippen LogP contribution in [-0.2, 0) is 0 Å². The van der Waals surface area contributed by atoms with E-state index in [-0.39, 0.29) is 0 Å². The van der Waals surface area contributed by atoms with Crippen molar-refractivity contribution in [3.63, 3.8) is 0 Å². The van der Waals surface area contributed by atoms with Crippen molar-refractivity contribution >= 4 is 16.6 Å². The normalized spacial score (nSPS) is 10.1. The molecule has 1 aromatic carbocycles. The van der Waals surface area contributed by atoms with E-state index in [1.807, 2.05) is 43.1 Å². The average molecular weight is 237 g/mol. The van der Waals surface area contributed by atoms with Crippen LogP contribution in [0.2, 0.25) is 0 Å². The molecular weight excluding hydrogens is 222 g/mol. The molecule has 3 nitrogen and oxygen atoms in total. The minimum atomic E-state index is 0.595. The van der Waals surface area contributed by atoms with E-state index in [9.17, 15) is 5.26 Å². The summed E-state index contributed by atoms with van der Waals surface area (Å²) in [7, 11) is 1.97. The Balaban J connectivity index is 2.65. The number of nitriles is 1. The minimum absolute atomic E-state index is 0.595. The highest BCUT2D eigenvalue weighted by Crippen LogP contribution is 2.28. The lowest BCUT2D eigenvalue weighted by Gasteiger charge is -2.22. The molecule has 1 aromatic heterocycles. The summed E-state index contributed by atoms with van der Waals surface area (Å²) in [5, 5.41) is 10.2. The maximum absolute atomic E-state index is 9.22. The monoisotopic (exact) mass is 237 g/mol. The molecule has 18 heavy (non-hydrogen) atoms. The number of benzene rings is 1. The van der Waals surface area contributed by atoms with Gasteiger partial charge in [0.05, 0.1) is 16.8 Å². The van der Waals surface area contributed by atoms with Crippen LogP contribution in [0.3, 0.4) is 0 Å². The number of aromatic nitrogens is 1. The molecule has 3 heteroatoms. The standard InChI is InChI=1S/C15H15N3/c1-11(2)10-18(3)15-12(8-16)9-17-14-7-5-4-6-13(14)15/h4-7,9H,1,10H2,2-3H3. The summed E-state index contributed by atoms with van der Waals surface area (Å²) in [4.78, 5) is 6.35. The lowest BCUT2D eigenvalue weighted by atomic mass is 10.1. The Hall–Kier alpha value is -2.34. The van der Waals surface area contributed by atoms with Crippen LogP contribution in [0.25, 0.3) is 10.9 Å². The van der Waals surface area contributed by atoms with Gasteiger partial charge in [-0.2, -0.15) is 5.26 Å². The molecule has 0 atom stereocenters. The van der Waals surface area contributed by atoms with Crippen molar-refractivity contribution in [2.75, 3.05) is 18.5 Å². The Kier molecular flexibility index (Phi) is 3.29. The van der Waals surface area contributed by atoms with Gasteiger partial charge in [-0.05, 0) is 13.0 Å². The molecule has 0 spiro atoms. The average Bonchev–Trinajstić information content (AvgIpc) is 2.36. The van der Waals surface area contributed by atoms with Gasteiger partial charge in [0.15, 0.2) is 0 Å². The van der Waals surface area contributed by atoms with Crippen molar-refractivity contribution in [1.29, 1.82) is 5.26 Å². The molecule has 0 saturated heterocycles. The summed E-state index contributed by atoms with van der Waals surface area (Å²) in [5.41, 5.74) is 3.48. The number of pyridine rings is 1. The summed E-state index contributed by atoms with van der Waals surface area (Å²) in [6.45, 7) is 6.62. The van der Waals surface area contributed by atoms with Crippen LogP contribution in [0.5, 0.6) is 0 Å². The quantitative estimate of drug-likeness (QED) is 0.770. The molecule has 0 saturated carbocycles. The van der Waals surface area contributed by atoms with Gasteiger partial charge in [-0.25, -0.2) is 0 Å². The molecule has 2 rings (SSSR count). The van der Waals surface area contributed by atoms with Crippen LogP contribution in [0, 0.1) is 11.3 Å². The number of hydrogen-bond acceptors (Lipinski definition) is 3. The molecular formula is C15H15N3. The topological polar surface area (TPSA) is 39.9 Å². The van der Waals surface area contributed by atoms with Crippen LogP contribution in [0.4, 0.5) is 5.69 Å². The fourth-order valence-corrected chi connectivity index (χ4v) is 2.10. The molecule has 0 bridgehead atoms. The minimum Gasteiger partial charge on any atom is -0.369 e. The summed E-state index contributed by atoms with van der Waals surface area (Å²) in [5.74, 6) is 0. The smallest absolute Gasteiger partial charge is 0.103 e. The van der Waals surface area contributed by atoms with E-state index in [2.05, 4.69) is 17.6 Å². The zero-order chi connectivity index (χ0) is 13.1. The molecule has 0 fully saturated rings. The number of anilines is 1. The van der Waals surface area contributed by atoms with Crippen molar-refractivity contribution in [2.24, 2.45) is 0 Å². The molecule has 0 N–H and O–H groups in total. The van der Waals surface area contributed by atoms with Gasteiger partial charge in [-0.1, -0.05) is 30.4 Å². The van der Waals surface area contributed by atoms with E-state index in [0.29, 0.717) is 5.56 Å². The third kappa shape index (κ3) is 2.18. The second kappa shape index (κ2) is 4.89. The highest BCUT2D eigenvalue weighted by atomic mass is 15.1. The molecule has 0 amide bonds. The zero-order valence-corrected chi connectivity index (χ0v) is 10.6. The maximum atomic E-state index is 9.22. The van der Waals surface area contributed by atoms with Crippen molar-refractivity contribution in [2.45, 2.75) is 6.92 Å². The largest absolute Gasteiger partial charge is 0.369 e. The van der Waals surface area contributed by atoms with Gasteiger partial charge in [-0.3, -0.25) is 4.98 Å². The number of nitrogens with zero attached hydrogens (tertiary/aromatic N) is 3. The Morgan fingerprint density at radius 1 is 1.44 bits per heavy atom. The Bertz CT molecular complexity index is 638. The van der Waals surface area contributed by atoms with Crippen LogP contribution < -0.4 is 4.90 Å². The predicted molar refractivity (Wildman–Crippen MR) is 74.5 cm³/mol. The number of para-hydroxylation sites is 1. The van der Waals surface area contributed by atoms with Gasteiger partial charge in [0.2, 0.25) is 0 Å². The van der Waals surface area contributed by atoms with Gasteiger partial charge in [0.1, 0.15) is 6.07 Å². The molecule has 0 aliphatic heterocycles. The summed E-state index contributed by atoms with van der Waals surface area (Å²) < 4.78 is 0. The van der Waals surface area contributed by atoms with Crippen LogP contribution in [0.15, 0.2) is 42.6 Å². The summed E-state index contributed by atoms with van der Waals surface area (Å²) in [6, 6.07) is 10.1. The first-order chi connectivity index (χ1) is 8.63. The number of rotatable bonds is 3. The second-order valence-corrected chi connectivity index (χ2v) is 4.46. The Labute approximate surface area is 107 Å². The predicted octanol–water partition coefficient (Wildman–Crippen LogP) is 3.12. The SMILES string of the molecule is C=C(C)CN(C)c1c(C#N)cnc2ccccc12. The third-order valence-electron chi connectivity index (χ3n) is 2.76. The fraction of sp³-hybridized carbons (Fsp3) is 0.200. The fourth-order valence-electron chi connectivity index (χ4n) is 2.10. The highest BCUT2D eigenvalue weighted by Gasteiger charge is 2.12. The maximum Gasteiger partial charge on any atom is 0.103 e. The first kappa shape index (κ1) is 12.1. The lowest BCUT2D eigenvalue weighted by molar-refractivity contribution is 0.987. The first-order valence-corrected chi connectivity index (χ1v) is 5.77. The van der Waals surface area contributed by atoms with Crippen LogP contribution in [-0.4, -0.2) is 18.6 Å². The van der Waals surface area contributed by atoms with E-state index < -0.39 is 0 Å². The Morgan fingerprint density at radius 2 is 2.17 bits per heavy atom. The van der Waals surface area contributed by atoms with Gasteiger partial charge in [0, 0.05) is 25.2 Å². The third-order valence-corrected chi connectivity index (χ3v) is 2.76. The van der Waals surface area contributed by atoms with Crippen LogP contribution >= 0.6 is 0 Å². The van der Waals surface area contributed by atoms with Crippen molar-refractivity contribution < 1.29 is 0 Å². The lowest BCUT2D eigenvalue weighted by Crippen LogP contribution is -2.20. The van der Waals surface area contributed by atoms with Gasteiger partial charge in [0.25, 0.3) is 0 Å². The zero-order valence-electron chi connectivity index (χ0n) is 10.6. The molecule has 0 unspecified atom stereocenters.